The van der Waals surface area contributed by atoms with E-state index >= 15 is 0 Å². The summed E-state index contributed by atoms with van der Waals surface area (Å²) in [7, 11) is 1.24. The number of anilines is 1. The van der Waals surface area contributed by atoms with E-state index in [1.54, 1.807) is 13.8 Å². The number of ether oxygens (including phenoxy) is 1. The Balaban J connectivity index is 2.19. The normalized spacial score (nSPS) is 11.6. The predicted octanol–water partition coefficient (Wildman–Crippen LogP) is 4.82. The summed E-state index contributed by atoms with van der Waals surface area (Å²) in [6.07, 6.45) is -2.07. The zero-order chi connectivity index (χ0) is 19.5. The number of benzene rings is 1. The molecule has 0 saturated heterocycles. The van der Waals surface area contributed by atoms with Crippen molar-refractivity contribution in [1.29, 1.82) is 0 Å². The Morgan fingerprint density at radius 1 is 1.23 bits per heavy atom. The van der Waals surface area contributed by atoms with Crippen molar-refractivity contribution in [1.82, 2.24) is 0 Å². The molecule has 0 radical (unpaired) electrons. The van der Waals surface area contributed by atoms with E-state index in [1.165, 1.54) is 36.7 Å². The van der Waals surface area contributed by atoms with Crippen LogP contribution in [0.4, 0.5) is 18.2 Å². The molecule has 2 rings (SSSR count). The molecule has 4 nitrogen and oxygen atoms in total. The molecule has 26 heavy (non-hydrogen) atoms. The van der Waals surface area contributed by atoms with E-state index < -0.39 is 23.6 Å². The number of amides is 1. The topological polar surface area (TPSA) is 55.4 Å². The van der Waals surface area contributed by atoms with Gasteiger partial charge < -0.3 is 10.1 Å². The fraction of sp³-hybridized carbons (Fsp3) is 0.222. The van der Waals surface area contributed by atoms with Crippen LogP contribution in [0, 0.1) is 13.8 Å². The molecule has 8 heteroatoms. The van der Waals surface area contributed by atoms with Crippen LogP contribution in [-0.2, 0) is 15.7 Å². The number of alkyl halides is 3. The van der Waals surface area contributed by atoms with E-state index in [-0.39, 0.29) is 11.1 Å². The molecule has 0 unspecified atom stereocenters. The fourth-order valence-corrected chi connectivity index (χ4v) is 3.26. The summed E-state index contributed by atoms with van der Waals surface area (Å²) in [6, 6.07) is 4.63. The van der Waals surface area contributed by atoms with Crippen LogP contribution >= 0.6 is 11.3 Å². The highest BCUT2D eigenvalue weighted by atomic mass is 32.1. The lowest BCUT2D eigenvalue weighted by molar-refractivity contribution is -0.137. The lowest BCUT2D eigenvalue weighted by Crippen LogP contribution is -2.11. The maximum absolute atomic E-state index is 12.7. The van der Waals surface area contributed by atoms with Gasteiger partial charge in [-0.1, -0.05) is 12.1 Å². The van der Waals surface area contributed by atoms with Crippen molar-refractivity contribution in [3.63, 3.8) is 0 Å². The number of nitrogens with one attached hydrogen (secondary N) is 1. The monoisotopic (exact) mass is 383 g/mol. The average Bonchev–Trinajstić information content (AvgIpc) is 2.86. The lowest BCUT2D eigenvalue weighted by atomic mass is 10.1. The highest BCUT2D eigenvalue weighted by Gasteiger charge is 2.30. The van der Waals surface area contributed by atoms with E-state index in [0.717, 1.165) is 23.1 Å². The second-order valence-corrected chi connectivity index (χ2v) is 6.65. The number of hydrogen-bond donors (Lipinski definition) is 1. The van der Waals surface area contributed by atoms with E-state index in [4.69, 9.17) is 4.74 Å². The van der Waals surface area contributed by atoms with Crippen LogP contribution in [0.5, 0.6) is 0 Å². The highest BCUT2D eigenvalue weighted by Crippen LogP contribution is 2.33. The first kappa shape index (κ1) is 19.7. The third-order valence-electron chi connectivity index (χ3n) is 3.65. The molecule has 0 spiro atoms. The number of carbonyl (C=O) groups excluding carboxylic acids is 2. The smallest absolute Gasteiger partial charge is 0.416 e. The van der Waals surface area contributed by atoms with Crippen LogP contribution in [0.2, 0.25) is 0 Å². The van der Waals surface area contributed by atoms with Crippen molar-refractivity contribution < 1.29 is 27.5 Å². The van der Waals surface area contributed by atoms with Gasteiger partial charge in [0.25, 0.3) is 0 Å². The SMILES string of the molecule is COC(=O)c1c(NC(=O)/C=C/c2cccc(C(F)(F)F)c2)sc(C)c1C. The lowest BCUT2D eigenvalue weighted by Gasteiger charge is -2.06. The van der Waals surface area contributed by atoms with Gasteiger partial charge in [0, 0.05) is 11.0 Å². The Morgan fingerprint density at radius 3 is 2.54 bits per heavy atom. The van der Waals surface area contributed by atoms with Crippen molar-refractivity contribution in [2.75, 3.05) is 12.4 Å². The zero-order valence-electron chi connectivity index (χ0n) is 14.2. The van der Waals surface area contributed by atoms with Crippen molar-refractivity contribution >= 4 is 34.3 Å². The molecule has 0 atom stereocenters. The number of carbonyl (C=O) groups is 2. The van der Waals surface area contributed by atoms with E-state index in [1.807, 2.05) is 0 Å². The van der Waals surface area contributed by atoms with Crippen LogP contribution in [0.25, 0.3) is 6.08 Å². The van der Waals surface area contributed by atoms with E-state index in [0.29, 0.717) is 10.6 Å². The first-order valence-electron chi connectivity index (χ1n) is 7.48. The summed E-state index contributed by atoms with van der Waals surface area (Å²) < 4.78 is 42.8. The van der Waals surface area contributed by atoms with Gasteiger partial charge in [0.05, 0.1) is 18.2 Å². The van der Waals surface area contributed by atoms with E-state index in [9.17, 15) is 22.8 Å². The van der Waals surface area contributed by atoms with Crippen molar-refractivity contribution in [2.45, 2.75) is 20.0 Å². The summed E-state index contributed by atoms with van der Waals surface area (Å²) in [5.74, 6) is -1.13. The van der Waals surface area contributed by atoms with E-state index in [2.05, 4.69) is 5.32 Å². The minimum Gasteiger partial charge on any atom is -0.465 e. The van der Waals surface area contributed by atoms with Gasteiger partial charge >= 0.3 is 12.1 Å². The standard InChI is InChI=1S/C18H16F3NO3S/c1-10-11(2)26-16(15(10)17(24)25-3)22-14(23)8-7-12-5-4-6-13(9-12)18(19,20)21/h4-9H,1-3H3,(H,22,23)/b8-7+. The molecule has 0 fully saturated rings. The zero-order valence-corrected chi connectivity index (χ0v) is 15.0. The maximum atomic E-state index is 12.7. The quantitative estimate of drug-likeness (QED) is 0.608. The number of hydrogen-bond acceptors (Lipinski definition) is 4. The molecule has 1 N–H and O–H groups in total. The number of esters is 1. The average molecular weight is 383 g/mol. The summed E-state index contributed by atoms with van der Waals surface area (Å²) in [6.45, 7) is 3.55. The molecule has 1 heterocycles. The molecule has 1 amide bonds. The van der Waals surface area contributed by atoms with Gasteiger partial charge in [-0.25, -0.2) is 4.79 Å². The summed E-state index contributed by atoms with van der Waals surface area (Å²) in [5.41, 5.74) is 0.425. The van der Waals surface area contributed by atoms with Crippen LogP contribution in [0.1, 0.15) is 31.9 Å². The fourth-order valence-electron chi connectivity index (χ4n) is 2.21. The van der Waals surface area contributed by atoms with Gasteiger partial charge in [0.2, 0.25) is 5.91 Å². The first-order valence-corrected chi connectivity index (χ1v) is 8.29. The Bertz CT molecular complexity index is 869. The largest absolute Gasteiger partial charge is 0.465 e. The molecule has 2 aromatic rings. The molecule has 138 valence electrons. The third-order valence-corrected chi connectivity index (χ3v) is 4.78. The van der Waals surface area contributed by atoms with Crippen LogP contribution in [0.15, 0.2) is 30.3 Å². The molecular weight excluding hydrogens is 367 g/mol. The molecule has 0 bridgehead atoms. The summed E-state index contributed by atoms with van der Waals surface area (Å²) in [5, 5.41) is 2.91. The number of aryl methyl sites for hydroxylation is 1. The Kier molecular flexibility index (Phi) is 5.86. The Labute approximate surface area is 152 Å². The minimum atomic E-state index is -4.45. The van der Waals surface area contributed by atoms with Gasteiger partial charge in [0.15, 0.2) is 0 Å². The molecule has 1 aromatic carbocycles. The first-order chi connectivity index (χ1) is 12.1. The molecule has 0 aliphatic carbocycles. The summed E-state index contributed by atoms with van der Waals surface area (Å²) in [4.78, 5) is 24.8. The van der Waals surface area contributed by atoms with Gasteiger partial charge in [-0.05, 0) is 43.2 Å². The van der Waals surface area contributed by atoms with Gasteiger partial charge in [0.1, 0.15) is 5.00 Å². The second kappa shape index (κ2) is 7.74. The minimum absolute atomic E-state index is 0.238. The highest BCUT2D eigenvalue weighted by molar-refractivity contribution is 7.16. The molecule has 0 aliphatic rings. The number of thiophene rings is 1. The number of halogens is 3. The molecule has 0 aliphatic heterocycles. The predicted molar refractivity (Wildman–Crippen MR) is 94.2 cm³/mol. The Hall–Kier alpha value is -2.61. The van der Waals surface area contributed by atoms with Crippen molar-refractivity contribution in [2.24, 2.45) is 0 Å². The molecular formula is C18H16F3NO3S. The van der Waals surface area contributed by atoms with Crippen LogP contribution < -0.4 is 5.32 Å². The number of rotatable bonds is 4. The van der Waals surface area contributed by atoms with Crippen LogP contribution in [0.3, 0.4) is 0 Å². The van der Waals surface area contributed by atoms with Crippen molar-refractivity contribution in [3.8, 4) is 0 Å². The molecule has 1 aromatic heterocycles. The summed E-state index contributed by atoms with van der Waals surface area (Å²) >= 11 is 1.23. The second-order valence-electron chi connectivity index (χ2n) is 5.42. The van der Waals surface area contributed by atoms with Gasteiger partial charge in [-0.3, -0.25) is 4.79 Å². The molecule has 0 saturated carbocycles. The van der Waals surface area contributed by atoms with Crippen LogP contribution in [-0.4, -0.2) is 19.0 Å². The Morgan fingerprint density at radius 2 is 1.92 bits per heavy atom. The third kappa shape index (κ3) is 4.51. The number of methoxy groups -OCH3 is 1. The van der Waals surface area contributed by atoms with Gasteiger partial charge in [-0.2, -0.15) is 13.2 Å². The van der Waals surface area contributed by atoms with Crippen molar-refractivity contribution in [3.05, 3.63) is 57.5 Å². The van der Waals surface area contributed by atoms with Gasteiger partial charge in [-0.15, -0.1) is 11.3 Å². The maximum Gasteiger partial charge on any atom is 0.416 e.